The minimum atomic E-state index is -0.550. The van der Waals surface area contributed by atoms with Gasteiger partial charge in [-0.3, -0.25) is 4.57 Å². The largest absolute Gasteiger partial charge is 0.444 e. The molecular formula is C14H21N5O4. The predicted molar refractivity (Wildman–Crippen MR) is 82.0 cm³/mol. The van der Waals surface area contributed by atoms with Crippen molar-refractivity contribution >= 4 is 6.09 Å². The molecule has 2 N–H and O–H groups in total. The number of nitrogens with one attached hydrogen (secondary N) is 2. The number of aromatic nitrogens is 4. The van der Waals surface area contributed by atoms with E-state index in [0.717, 1.165) is 0 Å². The van der Waals surface area contributed by atoms with Gasteiger partial charge in [0, 0.05) is 25.7 Å². The van der Waals surface area contributed by atoms with Gasteiger partial charge in [-0.2, -0.15) is 4.98 Å². The molecule has 2 heterocycles. The van der Waals surface area contributed by atoms with E-state index in [-0.39, 0.29) is 17.5 Å². The molecule has 2 rings (SSSR count). The minimum Gasteiger partial charge on any atom is -0.444 e. The quantitative estimate of drug-likeness (QED) is 0.878. The normalized spacial score (nSPS) is 12.9. The molecule has 23 heavy (non-hydrogen) atoms. The second kappa shape index (κ2) is 6.27. The lowest BCUT2D eigenvalue weighted by Crippen LogP contribution is -2.34. The Bertz CT molecular complexity index is 737. The molecule has 0 saturated heterocycles. The van der Waals surface area contributed by atoms with E-state index in [1.54, 1.807) is 27.8 Å². The maximum atomic E-state index is 11.6. The molecule has 1 atom stereocenters. The summed E-state index contributed by atoms with van der Waals surface area (Å²) < 4.78 is 11.7. The topological polar surface area (TPSA) is 115 Å². The van der Waals surface area contributed by atoms with Crippen molar-refractivity contribution in [2.75, 3.05) is 6.54 Å². The molecule has 0 fully saturated rings. The van der Waals surface area contributed by atoms with Crippen molar-refractivity contribution in [3.05, 3.63) is 22.5 Å². The van der Waals surface area contributed by atoms with Gasteiger partial charge in [0.1, 0.15) is 11.3 Å². The molecule has 9 heteroatoms. The highest BCUT2D eigenvalue weighted by Crippen LogP contribution is 2.18. The molecule has 2 aromatic rings. The summed E-state index contributed by atoms with van der Waals surface area (Å²) >= 11 is 0. The second-order valence-corrected chi connectivity index (χ2v) is 6.28. The van der Waals surface area contributed by atoms with Crippen molar-refractivity contribution in [1.29, 1.82) is 0 Å². The Morgan fingerprint density at radius 2 is 2.22 bits per heavy atom. The molecule has 2 aromatic heterocycles. The molecule has 0 saturated carbocycles. The van der Waals surface area contributed by atoms with E-state index in [2.05, 4.69) is 20.4 Å². The third kappa shape index (κ3) is 4.21. The number of hydrogen-bond donors (Lipinski definition) is 2. The van der Waals surface area contributed by atoms with Gasteiger partial charge in [-0.25, -0.2) is 9.59 Å². The van der Waals surface area contributed by atoms with E-state index in [1.165, 1.54) is 10.8 Å². The maximum absolute atomic E-state index is 11.6. The van der Waals surface area contributed by atoms with E-state index < -0.39 is 11.7 Å². The summed E-state index contributed by atoms with van der Waals surface area (Å²) in [6.45, 7) is 7.54. The summed E-state index contributed by atoms with van der Waals surface area (Å²) in [6.07, 6.45) is 1.00. The lowest BCUT2D eigenvalue weighted by molar-refractivity contribution is 0.0524. The van der Waals surface area contributed by atoms with Crippen LogP contribution < -0.4 is 11.0 Å². The number of hydrogen-bond acceptors (Lipinski definition) is 6. The SMILES string of the molecule is CC(CNC(=O)OC(C)(C)C)c1noc(-c2c[nH]c(=O)n2C)n1. The summed E-state index contributed by atoms with van der Waals surface area (Å²) in [5.74, 6) is 0.505. The van der Waals surface area contributed by atoms with Gasteiger partial charge in [-0.05, 0) is 20.8 Å². The molecule has 126 valence electrons. The van der Waals surface area contributed by atoms with Gasteiger partial charge in [0.15, 0.2) is 5.82 Å². The van der Waals surface area contributed by atoms with E-state index >= 15 is 0 Å². The number of imidazole rings is 1. The summed E-state index contributed by atoms with van der Waals surface area (Å²) in [6, 6.07) is 0. The number of nitrogens with zero attached hydrogens (tertiary/aromatic N) is 3. The zero-order chi connectivity index (χ0) is 17.2. The Morgan fingerprint density at radius 3 is 2.78 bits per heavy atom. The zero-order valence-corrected chi connectivity index (χ0v) is 13.8. The van der Waals surface area contributed by atoms with Crippen LogP contribution in [0.3, 0.4) is 0 Å². The Kier molecular flexibility index (Phi) is 4.57. The van der Waals surface area contributed by atoms with Crippen molar-refractivity contribution < 1.29 is 14.1 Å². The molecule has 0 aliphatic rings. The van der Waals surface area contributed by atoms with Crippen LogP contribution in [0, 0.1) is 0 Å². The molecule has 1 amide bonds. The van der Waals surface area contributed by atoms with Gasteiger partial charge in [0.05, 0.1) is 0 Å². The summed E-state index contributed by atoms with van der Waals surface area (Å²) in [5, 5.41) is 6.55. The van der Waals surface area contributed by atoms with Crippen LogP contribution in [0.15, 0.2) is 15.5 Å². The molecule has 9 nitrogen and oxygen atoms in total. The molecule has 0 aliphatic heterocycles. The average molecular weight is 323 g/mol. The number of rotatable bonds is 4. The van der Waals surface area contributed by atoms with Crippen molar-refractivity contribution in [2.45, 2.75) is 39.2 Å². The standard InChI is InChI=1S/C14H21N5O4/c1-8(6-16-13(21)22-14(2,3)4)10-17-11(23-18-10)9-7-15-12(20)19(9)5/h7-8H,6H2,1-5H3,(H,15,20)(H,16,21). The minimum absolute atomic E-state index is 0.170. The number of carbonyl (C=O) groups is 1. The van der Waals surface area contributed by atoms with Crippen LogP contribution in [0.5, 0.6) is 0 Å². The first-order chi connectivity index (χ1) is 10.7. The Hall–Kier alpha value is -2.58. The molecule has 0 aromatic carbocycles. The molecule has 1 unspecified atom stereocenters. The average Bonchev–Trinajstić information content (AvgIpc) is 3.03. The molecule has 0 spiro atoms. The predicted octanol–water partition coefficient (Wildman–Crippen LogP) is 1.39. The number of amides is 1. The smallest absolute Gasteiger partial charge is 0.407 e. The molecule has 0 radical (unpaired) electrons. The third-order valence-corrected chi connectivity index (χ3v) is 3.05. The molecule has 0 aliphatic carbocycles. The fourth-order valence-corrected chi connectivity index (χ4v) is 1.82. The van der Waals surface area contributed by atoms with Gasteiger partial charge in [-0.15, -0.1) is 0 Å². The summed E-state index contributed by atoms with van der Waals surface area (Å²) in [5.41, 5.74) is -0.313. The Labute approximate surface area is 133 Å². The van der Waals surface area contributed by atoms with E-state index in [4.69, 9.17) is 9.26 Å². The Balaban J connectivity index is 1.99. The van der Waals surface area contributed by atoms with E-state index in [1.807, 2.05) is 6.92 Å². The van der Waals surface area contributed by atoms with Crippen molar-refractivity contribution in [3.63, 3.8) is 0 Å². The highest BCUT2D eigenvalue weighted by molar-refractivity contribution is 5.67. The first-order valence-electron chi connectivity index (χ1n) is 7.22. The van der Waals surface area contributed by atoms with Crippen LogP contribution in [-0.2, 0) is 11.8 Å². The lowest BCUT2D eigenvalue weighted by atomic mass is 10.1. The van der Waals surface area contributed by atoms with E-state index in [9.17, 15) is 9.59 Å². The van der Waals surface area contributed by atoms with Gasteiger partial charge in [0.25, 0.3) is 5.89 Å². The molecular weight excluding hydrogens is 302 g/mol. The third-order valence-electron chi connectivity index (χ3n) is 3.05. The number of aromatic amines is 1. The summed E-state index contributed by atoms with van der Waals surface area (Å²) in [4.78, 5) is 29.8. The second-order valence-electron chi connectivity index (χ2n) is 6.28. The lowest BCUT2D eigenvalue weighted by Gasteiger charge is -2.20. The number of ether oxygens (including phenoxy) is 1. The Morgan fingerprint density at radius 1 is 1.52 bits per heavy atom. The van der Waals surface area contributed by atoms with Crippen LogP contribution in [0.25, 0.3) is 11.6 Å². The monoisotopic (exact) mass is 323 g/mol. The van der Waals surface area contributed by atoms with Crippen molar-refractivity contribution in [2.24, 2.45) is 7.05 Å². The first-order valence-corrected chi connectivity index (χ1v) is 7.22. The fourth-order valence-electron chi connectivity index (χ4n) is 1.82. The summed E-state index contributed by atoms with van der Waals surface area (Å²) in [7, 11) is 1.60. The highest BCUT2D eigenvalue weighted by atomic mass is 16.6. The van der Waals surface area contributed by atoms with Crippen LogP contribution in [0.4, 0.5) is 4.79 Å². The van der Waals surface area contributed by atoms with Gasteiger partial charge >= 0.3 is 11.8 Å². The van der Waals surface area contributed by atoms with Crippen LogP contribution in [0.1, 0.15) is 39.4 Å². The first kappa shape index (κ1) is 16.8. The van der Waals surface area contributed by atoms with Crippen molar-refractivity contribution in [1.82, 2.24) is 25.0 Å². The van der Waals surface area contributed by atoms with Gasteiger partial charge in [0.2, 0.25) is 0 Å². The fraction of sp³-hybridized carbons (Fsp3) is 0.571. The number of alkyl carbamates (subject to hydrolysis) is 1. The number of H-pyrrole nitrogens is 1. The van der Waals surface area contributed by atoms with Gasteiger partial charge in [-0.1, -0.05) is 12.1 Å². The number of carbonyl (C=O) groups excluding carboxylic acids is 1. The highest BCUT2D eigenvalue weighted by Gasteiger charge is 2.20. The van der Waals surface area contributed by atoms with Crippen LogP contribution >= 0.6 is 0 Å². The zero-order valence-electron chi connectivity index (χ0n) is 13.8. The maximum Gasteiger partial charge on any atom is 0.407 e. The van der Waals surface area contributed by atoms with Gasteiger partial charge < -0.3 is 19.6 Å². The van der Waals surface area contributed by atoms with E-state index in [0.29, 0.717) is 18.1 Å². The molecule has 0 bridgehead atoms. The van der Waals surface area contributed by atoms with Crippen LogP contribution in [-0.4, -0.2) is 37.9 Å². The van der Waals surface area contributed by atoms with Crippen LogP contribution in [0.2, 0.25) is 0 Å². The van der Waals surface area contributed by atoms with Crippen molar-refractivity contribution in [3.8, 4) is 11.6 Å².